The van der Waals surface area contributed by atoms with Crippen LogP contribution in [0.25, 0.3) is 0 Å². The standard InChI is InChI=1S/C9H17N3O2/c1-8-11-12-9(14-8)7-10-5-3-4-6-13-2/h10H,3-7H2,1-2H3. The van der Waals surface area contributed by atoms with Gasteiger partial charge < -0.3 is 14.5 Å². The zero-order valence-corrected chi connectivity index (χ0v) is 8.75. The lowest BCUT2D eigenvalue weighted by Crippen LogP contribution is -2.15. The summed E-state index contributed by atoms with van der Waals surface area (Å²) in [5.41, 5.74) is 0. The number of nitrogens with zero attached hydrogens (tertiary/aromatic N) is 2. The monoisotopic (exact) mass is 199 g/mol. The number of aromatic nitrogens is 2. The van der Waals surface area contributed by atoms with Gasteiger partial charge in [-0.3, -0.25) is 0 Å². The summed E-state index contributed by atoms with van der Waals surface area (Å²) < 4.78 is 10.1. The van der Waals surface area contributed by atoms with Gasteiger partial charge in [-0.05, 0) is 19.4 Å². The van der Waals surface area contributed by atoms with Crippen molar-refractivity contribution in [3.8, 4) is 0 Å². The SMILES string of the molecule is COCCCCNCc1nnc(C)o1. The molecule has 14 heavy (non-hydrogen) atoms. The minimum absolute atomic E-state index is 0.612. The molecule has 0 bridgehead atoms. The fourth-order valence-electron chi connectivity index (χ4n) is 1.10. The van der Waals surface area contributed by atoms with E-state index in [1.165, 1.54) is 0 Å². The van der Waals surface area contributed by atoms with Crippen LogP contribution < -0.4 is 5.32 Å². The number of hydrogen-bond acceptors (Lipinski definition) is 5. The van der Waals surface area contributed by atoms with Gasteiger partial charge in [0.1, 0.15) is 0 Å². The highest BCUT2D eigenvalue weighted by Crippen LogP contribution is 1.96. The molecule has 0 spiro atoms. The molecule has 1 heterocycles. The molecule has 0 saturated heterocycles. The van der Waals surface area contributed by atoms with Gasteiger partial charge in [-0.2, -0.15) is 0 Å². The van der Waals surface area contributed by atoms with E-state index in [-0.39, 0.29) is 0 Å². The van der Waals surface area contributed by atoms with Crippen molar-refractivity contribution in [2.45, 2.75) is 26.3 Å². The molecule has 1 aromatic rings. The van der Waals surface area contributed by atoms with E-state index >= 15 is 0 Å². The van der Waals surface area contributed by atoms with Gasteiger partial charge in [-0.1, -0.05) is 0 Å². The Kier molecular flexibility index (Phi) is 5.17. The summed E-state index contributed by atoms with van der Waals surface area (Å²) in [5.74, 6) is 1.26. The summed E-state index contributed by atoms with van der Waals surface area (Å²) in [6.45, 7) is 4.20. The Hall–Kier alpha value is -0.940. The van der Waals surface area contributed by atoms with Crippen molar-refractivity contribution in [2.24, 2.45) is 0 Å². The fourth-order valence-corrected chi connectivity index (χ4v) is 1.10. The maximum absolute atomic E-state index is 5.20. The molecule has 0 unspecified atom stereocenters. The van der Waals surface area contributed by atoms with Crippen molar-refractivity contribution in [2.75, 3.05) is 20.3 Å². The predicted octanol–water partition coefficient (Wildman–Crippen LogP) is 0.894. The third-order valence-corrected chi connectivity index (χ3v) is 1.80. The Bertz CT molecular complexity index is 250. The van der Waals surface area contributed by atoms with Gasteiger partial charge in [-0.15, -0.1) is 10.2 Å². The summed E-state index contributed by atoms with van der Waals surface area (Å²) in [4.78, 5) is 0. The van der Waals surface area contributed by atoms with Crippen molar-refractivity contribution < 1.29 is 9.15 Å². The van der Waals surface area contributed by atoms with Crippen LogP contribution in [0, 0.1) is 6.92 Å². The van der Waals surface area contributed by atoms with Crippen LogP contribution in [0.2, 0.25) is 0 Å². The van der Waals surface area contributed by atoms with E-state index < -0.39 is 0 Å². The van der Waals surface area contributed by atoms with Crippen LogP contribution in [0.15, 0.2) is 4.42 Å². The first-order valence-electron chi connectivity index (χ1n) is 4.81. The molecule has 0 aliphatic rings. The van der Waals surface area contributed by atoms with Gasteiger partial charge in [0.2, 0.25) is 11.8 Å². The van der Waals surface area contributed by atoms with Gasteiger partial charge in [-0.25, -0.2) is 0 Å². The van der Waals surface area contributed by atoms with Crippen LogP contribution in [0.5, 0.6) is 0 Å². The van der Waals surface area contributed by atoms with Gasteiger partial charge in [0.05, 0.1) is 6.54 Å². The highest BCUT2D eigenvalue weighted by molar-refractivity contribution is 4.77. The second kappa shape index (κ2) is 6.50. The highest BCUT2D eigenvalue weighted by Gasteiger charge is 1.99. The molecule has 0 aliphatic carbocycles. The highest BCUT2D eigenvalue weighted by atomic mass is 16.5. The van der Waals surface area contributed by atoms with Crippen LogP contribution in [0.1, 0.15) is 24.6 Å². The molecule has 0 radical (unpaired) electrons. The first-order valence-corrected chi connectivity index (χ1v) is 4.81. The molecule has 0 saturated carbocycles. The number of unbranched alkanes of at least 4 members (excludes halogenated alkanes) is 1. The molecule has 5 heteroatoms. The number of aryl methyl sites for hydroxylation is 1. The maximum atomic E-state index is 5.20. The lowest BCUT2D eigenvalue weighted by atomic mass is 10.3. The largest absolute Gasteiger partial charge is 0.424 e. The van der Waals surface area contributed by atoms with E-state index in [0.29, 0.717) is 18.3 Å². The first kappa shape index (κ1) is 11.1. The molecule has 5 nitrogen and oxygen atoms in total. The minimum Gasteiger partial charge on any atom is -0.424 e. The number of methoxy groups -OCH3 is 1. The van der Waals surface area contributed by atoms with Gasteiger partial charge in [0.25, 0.3) is 0 Å². The Morgan fingerprint density at radius 2 is 2.21 bits per heavy atom. The van der Waals surface area contributed by atoms with E-state index in [9.17, 15) is 0 Å². The minimum atomic E-state index is 0.612. The molecular weight excluding hydrogens is 182 g/mol. The van der Waals surface area contributed by atoms with E-state index in [0.717, 1.165) is 26.0 Å². The van der Waals surface area contributed by atoms with E-state index in [1.54, 1.807) is 14.0 Å². The molecule has 1 rings (SSSR count). The average molecular weight is 199 g/mol. The molecule has 0 aromatic carbocycles. The lowest BCUT2D eigenvalue weighted by molar-refractivity contribution is 0.192. The van der Waals surface area contributed by atoms with Gasteiger partial charge in [0.15, 0.2) is 0 Å². The van der Waals surface area contributed by atoms with Crippen molar-refractivity contribution in [3.05, 3.63) is 11.8 Å². The van der Waals surface area contributed by atoms with Crippen molar-refractivity contribution in [1.29, 1.82) is 0 Å². The second-order valence-corrected chi connectivity index (χ2v) is 3.09. The van der Waals surface area contributed by atoms with E-state index in [2.05, 4.69) is 15.5 Å². The van der Waals surface area contributed by atoms with Gasteiger partial charge in [0, 0.05) is 20.6 Å². The molecule has 1 N–H and O–H groups in total. The van der Waals surface area contributed by atoms with Crippen LogP contribution in [-0.4, -0.2) is 30.5 Å². The number of ether oxygens (including phenoxy) is 1. The van der Waals surface area contributed by atoms with Crippen LogP contribution in [-0.2, 0) is 11.3 Å². The summed E-state index contributed by atoms with van der Waals surface area (Å²) >= 11 is 0. The van der Waals surface area contributed by atoms with Gasteiger partial charge >= 0.3 is 0 Å². The molecule has 0 fully saturated rings. The van der Waals surface area contributed by atoms with Crippen LogP contribution >= 0.6 is 0 Å². The maximum Gasteiger partial charge on any atom is 0.230 e. The van der Waals surface area contributed by atoms with E-state index in [4.69, 9.17) is 9.15 Å². The molecule has 0 atom stereocenters. The van der Waals surface area contributed by atoms with Crippen LogP contribution in [0.3, 0.4) is 0 Å². The average Bonchev–Trinajstić information content (AvgIpc) is 2.58. The summed E-state index contributed by atoms with van der Waals surface area (Å²) in [6, 6.07) is 0. The van der Waals surface area contributed by atoms with E-state index in [1.807, 2.05) is 0 Å². The summed E-state index contributed by atoms with van der Waals surface area (Å²) in [7, 11) is 1.72. The third kappa shape index (κ3) is 4.34. The quantitative estimate of drug-likeness (QED) is 0.661. The number of nitrogens with one attached hydrogen (secondary N) is 1. The Morgan fingerprint density at radius 1 is 1.36 bits per heavy atom. The third-order valence-electron chi connectivity index (χ3n) is 1.80. The zero-order chi connectivity index (χ0) is 10.2. The zero-order valence-electron chi connectivity index (χ0n) is 8.75. The number of hydrogen-bond donors (Lipinski definition) is 1. The fraction of sp³-hybridized carbons (Fsp3) is 0.778. The molecular formula is C9H17N3O2. The predicted molar refractivity (Wildman–Crippen MR) is 51.9 cm³/mol. The van der Waals surface area contributed by atoms with Crippen molar-refractivity contribution in [1.82, 2.24) is 15.5 Å². The normalized spacial score (nSPS) is 10.7. The van der Waals surface area contributed by atoms with Crippen molar-refractivity contribution in [3.63, 3.8) is 0 Å². The van der Waals surface area contributed by atoms with Crippen molar-refractivity contribution >= 4 is 0 Å². The number of rotatable bonds is 7. The molecule has 1 aromatic heterocycles. The molecule has 0 amide bonds. The Morgan fingerprint density at radius 3 is 2.86 bits per heavy atom. The second-order valence-electron chi connectivity index (χ2n) is 3.09. The Labute approximate surface area is 83.9 Å². The van der Waals surface area contributed by atoms with Crippen LogP contribution in [0.4, 0.5) is 0 Å². The summed E-state index contributed by atoms with van der Waals surface area (Å²) in [6.07, 6.45) is 2.17. The summed E-state index contributed by atoms with van der Waals surface area (Å²) in [5, 5.41) is 10.8. The first-order chi connectivity index (χ1) is 6.83. The Balaban J connectivity index is 1.99. The lowest BCUT2D eigenvalue weighted by Gasteiger charge is -2.00. The molecule has 80 valence electrons. The topological polar surface area (TPSA) is 60.2 Å². The molecule has 0 aliphatic heterocycles. The smallest absolute Gasteiger partial charge is 0.230 e.